The van der Waals surface area contributed by atoms with Crippen LogP contribution in [0, 0.1) is 6.92 Å². The molecule has 1 aliphatic heterocycles. The molecule has 0 aliphatic carbocycles. The highest BCUT2D eigenvalue weighted by molar-refractivity contribution is 7.21. The summed E-state index contributed by atoms with van der Waals surface area (Å²) in [5, 5.41) is 15.1. The number of hydrogen-bond acceptors (Lipinski definition) is 8. The lowest BCUT2D eigenvalue weighted by molar-refractivity contribution is -0.146. The van der Waals surface area contributed by atoms with Gasteiger partial charge in [-0.3, -0.25) is 9.36 Å². The summed E-state index contributed by atoms with van der Waals surface area (Å²) in [4.78, 5) is 40.2. The summed E-state index contributed by atoms with van der Waals surface area (Å²) < 4.78 is 21.0. The molecule has 1 saturated heterocycles. The van der Waals surface area contributed by atoms with Gasteiger partial charge in [0.1, 0.15) is 15.4 Å². The van der Waals surface area contributed by atoms with Gasteiger partial charge in [0.15, 0.2) is 0 Å². The van der Waals surface area contributed by atoms with E-state index in [4.69, 9.17) is 14.2 Å². The summed E-state index contributed by atoms with van der Waals surface area (Å²) in [6, 6.07) is 1.76. The van der Waals surface area contributed by atoms with Crippen LogP contribution in [0.3, 0.4) is 0 Å². The molecule has 0 unspecified atom stereocenters. The Morgan fingerprint density at radius 3 is 2.65 bits per heavy atom. The van der Waals surface area contributed by atoms with Gasteiger partial charge in [-0.2, -0.15) is 5.10 Å². The van der Waals surface area contributed by atoms with Gasteiger partial charge in [0, 0.05) is 31.2 Å². The quantitative estimate of drug-likeness (QED) is 0.417. The molecule has 1 fully saturated rings. The lowest BCUT2D eigenvalue weighted by Crippen LogP contribution is -2.53. The van der Waals surface area contributed by atoms with Crippen LogP contribution in [0.15, 0.2) is 39.9 Å². The van der Waals surface area contributed by atoms with Crippen LogP contribution in [0.2, 0.25) is 0 Å². The van der Waals surface area contributed by atoms with Crippen molar-refractivity contribution in [1.82, 2.24) is 18.9 Å². The fourth-order valence-electron chi connectivity index (χ4n) is 4.46. The summed E-state index contributed by atoms with van der Waals surface area (Å²) in [7, 11) is 1.54. The minimum Gasteiger partial charge on any atom is -0.504 e. The first kappa shape index (κ1) is 26.8. The average molecular weight is 533 g/mol. The zero-order valence-corrected chi connectivity index (χ0v) is 22.4. The number of ether oxygens (including phenoxy) is 3. The van der Waals surface area contributed by atoms with Crippen molar-refractivity contribution in [2.24, 2.45) is 0 Å². The lowest BCUT2D eigenvalue weighted by Gasteiger charge is -2.29. The van der Waals surface area contributed by atoms with Crippen molar-refractivity contribution in [2.45, 2.75) is 64.8 Å². The first-order valence-electron chi connectivity index (χ1n) is 12.0. The number of rotatable bonds is 9. The summed E-state index contributed by atoms with van der Waals surface area (Å²) >= 11 is 1.25. The summed E-state index contributed by atoms with van der Waals surface area (Å²) in [6.45, 7) is 7.55. The predicted molar refractivity (Wildman–Crippen MR) is 139 cm³/mol. The number of nitrogens with zero attached hydrogens (tertiary/aromatic N) is 4. The number of carbonyl (C=O) groups is 1. The van der Waals surface area contributed by atoms with Crippen LogP contribution in [0.25, 0.3) is 15.2 Å². The normalized spacial score (nSPS) is 16.3. The maximum absolute atomic E-state index is 13.9. The van der Waals surface area contributed by atoms with Crippen LogP contribution in [-0.4, -0.2) is 62.5 Å². The van der Waals surface area contributed by atoms with Crippen LogP contribution in [-0.2, 0) is 31.1 Å². The molecule has 1 aliphatic rings. The minimum absolute atomic E-state index is 0.0624. The SMILES string of the molecule is CO/C=C(/C)[C@H](Cn1c(=O)n(C(C)(C)C(=O)O)c(=O)c2c(C)c(-n3cccn3)sc21)OC1CCOCC1. The molecule has 200 valence electrons. The van der Waals surface area contributed by atoms with Gasteiger partial charge in [-0.05, 0) is 52.2 Å². The molecule has 0 bridgehead atoms. The Bertz CT molecular complexity index is 1430. The minimum atomic E-state index is -1.78. The number of carboxylic acids is 1. The van der Waals surface area contributed by atoms with E-state index in [2.05, 4.69) is 5.10 Å². The number of aromatic nitrogens is 4. The molecule has 0 aromatic carbocycles. The number of hydrogen-bond donors (Lipinski definition) is 1. The third kappa shape index (κ3) is 5.00. The van der Waals surface area contributed by atoms with Gasteiger partial charge in [-0.25, -0.2) is 18.8 Å². The topological polar surface area (TPSA) is 127 Å². The highest BCUT2D eigenvalue weighted by Gasteiger charge is 2.36. The van der Waals surface area contributed by atoms with Crippen molar-refractivity contribution in [2.75, 3.05) is 20.3 Å². The summed E-state index contributed by atoms with van der Waals surface area (Å²) in [6.07, 6.45) is 5.75. The fraction of sp³-hybridized carbons (Fsp3) is 0.520. The molecule has 4 heterocycles. The molecule has 12 heteroatoms. The molecule has 4 rings (SSSR count). The van der Waals surface area contributed by atoms with E-state index in [0.29, 0.717) is 41.5 Å². The van der Waals surface area contributed by atoms with Crippen LogP contribution < -0.4 is 11.2 Å². The molecule has 3 aromatic rings. The number of aliphatic carboxylic acids is 1. The fourth-order valence-corrected chi connectivity index (χ4v) is 5.70. The number of thiophene rings is 1. The van der Waals surface area contributed by atoms with Gasteiger partial charge in [0.05, 0.1) is 37.5 Å². The largest absolute Gasteiger partial charge is 0.504 e. The second kappa shape index (κ2) is 10.6. The van der Waals surface area contributed by atoms with Gasteiger partial charge in [-0.15, -0.1) is 0 Å². The summed E-state index contributed by atoms with van der Waals surface area (Å²) in [5.41, 5.74) is -1.78. The Labute approximate surface area is 217 Å². The van der Waals surface area contributed by atoms with Crippen molar-refractivity contribution < 1.29 is 24.1 Å². The van der Waals surface area contributed by atoms with E-state index in [9.17, 15) is 19.5 Å². The molecule has 0 radical (unpaired) electrons. The molecule has 1 atom stereocenters. The van der Waals surface area contributed by atoms with Crippen LogP contribution in [0.1, 0.15) is 39.2 Å². The molecule has 0 saturated carbocycles. The Hall–Kier alpha value is -3.22. The Kier molecular flexibility index (Phi) is 7.72. The molecule has 3 aromatic heterocycles. The van der Waals surface area contributed by atoms with Gasteiger partial charge in [-0.1, -0.05) is 11.3 Å². The first-order valence-corrected chi connectivity index (χ1v) is 12.8. The zero-order chi connectivity index (χ0) is 26.9. The Morgan fingerprint density at radius 1 is 1.35 bits per heavy atom. The van der Waals surface area contributed by atoms with Crippen LogP contribution >= 0.6 is 11.3 Å². The highest BCUT2D eigenvalue weighted by atomic mass is 32.1. The van der Waals surface area contributed by atoms with E-state index < -0.39 is 28.9 Å². The van der Waals surface area contributed by atoms with E-state index in [0.717, 1.165) is 10.1 Å². The molecular formula is C25H32N4O7S. The maximum Gasteiger partial charge on any atom is 0.333 e. The number of carboxylic acid groups (broad SMARTS) is 1. The molecule has 0 spiro atoms. The third-order valence-corrected chi connectivity index (χ3v) is 7.97. The Morgan fingerprint density at radius 2 is 2.05 bits per heavy atom. The second-order valence-electron chi connectivity index (χ2n) is 9.59. The van der Waals surface area contributed by atoms with Crippen LogP contribution in [0.5, 0.6) is 0 Å². The van der Waals surface area contributed by atoms with Crippen molar-refractivity contribution in [1.29, 1.82) is 0 Å². The smallest absolute Gasteiger partial charge is 0.333 e. The predicted octanol–water partition coefficient (Wildman–Crippen LogP) is 2.65. The van der Waals surface area contributed by atoms with E-state index in [1.54, 1.807) is 36.3 Å². The number of methoxy groups -OCH3 is 1. The second-order valence-corrected chi connectivity index (χ2v) is 10.6. The first-order chi connectivity index (χ1) is 17.6. The third-order valence-electron chi connectivity index (χ3n) is 6.67. The molecule has 37 heavy (non-hydrogen) atoms. The van der Waals surface area contributed by atoms with E-state index in [1.165, 1.54) is 36.9 Å². The van der Waals surface area contributed by atoms with E-state index in [-0.39, 0.29) is 18.0 Å². The maximum atomic E-state index is 13.9. The zero-order valence-electron chi connectivity index (χ0n) is 21.6. The molecule has 11 nitrogen and oxygen atoms in total. The van der Waals surface area contributed by atoms with Gasteiger partial charge >= 0.3 is 11.7 Å². The lowest BCUT2D eigenvalue weighted by atomic mass is 10.1. The van der Waals surface area contributed by atoms with Crippen molar-refractivity contribution in [3.05, 3.63) is 56.7 Å². The standard InChI is InChI=1S/C25H32N4O7S/c1-15(14-34-5)18(36-17-7-11-35-12-8-17)13-27-22-19(16(2)21(37-22)28-10-6-9-26-28)20(30)29(24(27)33)25(3,4)23(31)32/h6,9-10,14,17-18H,7-8,11-13H2,1-5H3,(H,31,32)/b15-14-/t18-/m0/s1. The molecule has 0 amide bonds. The van der Waals surface area contributed by atoms with Gasteiger partial charge < -0.3 is 19.3 Å². The van der Waals surface area contributed by atoms with Crippen LogP contribution in [0.4, 0.5) is 0 Å². The van der Waals surface area contributed by atoms with E-state index in [1.807, 2.05) is 6.92 Å². The number of fused-ring (bicyclic) bond motifs is 1. The highest BCUT2D eigenvalue weighted by Crippen LogP contribution is 2.32. The average Bonchev–Trinajstić information content (AvgIpc) is 3.49. The van der Waals surface area contributed by atoms with Gasteiger partial charge in [0.2, 0.25) is 0 Å². The number of aryl methyl sites for hydroxylation is 1. The van der Waals surface area contributed by atoms with Crippen molar-refractivity contribution in [3.8, 4) is 5.00 Å². The van der Waals surface area contributed by atoms with Gasteiger partial charge in [0.25, 0.3) is 5.56 Å². The summed E-state index contributed by atoms with van der Waals surface area (Å²) in [5.74, 6) is -1.29. The van der Waals surface area contributed by atoms with Crippen molar-refractivity contribution >= 4 is 27.5 Å². The van der Waals surface area contributed by atoms with E-state index >= 15 is 0 Å². The molecular weight excluding hydrogens is 500 g/mol. The molecule has 1 N–H and O–H groups in total. The Balaban J connectivity index is 1.96. The monoisotopic (exact) mass is 532 g/mol. The van der Waals surface area contributed by atoms with Crippen molar-refractivity contribution in [3.63, 3.8) is 0 Å².